The zero-order chi connectivity index (χ0) is 10.8. The van der Waals surface area contributed by atoms with E-state index in [4.69, 9.17) is 4.74 Å². The third-order valence-corrected chi connectivity index (χ3v) is 1.64. The lowest BCUT2D eigenvalue weighted by molar-refractivity contribution is -0.137. The Kier molecular flexibility index (Phi) is 2.98. The van der Waals surface area contributed by atoms with Gasteiger partial charge in [0, 0.05) is 11.8 Å². The van der Waals surface area contributed by atoms with E-state index in [9.17, 15) is 13.2 Å². The molecule has 0 N–H and O–H groups in total. The SMILES string of the molecule is CCOc1ncc(C(F)(F)F)cc1C. The maximum Gasteiger partial charge on any atom is 0.417 e. The van der Waals surface area contributed by atoms with Crippen LogP contribution in [-0.4, -0.2) is 11.6 Å². The Morgan fingerprint density at radius 3 is 2.50 bits per heavy atom. The van der Waals surface area contributed by atoms with Crippen molar-refractivity contribution in [3.05, 3.63) is 23.4 Å². The van der Waals surface area contributed by atoms with Gasteiger partial charge in [-0.05, 0) is 19.9 Å². The molecule has 0 atom stereocenters. The molecule has 0 fully saturated rings. The third-order valence-electron chi connectivity index (χ3n) is 1.64. The monoisotopic (exact) mass is 205 g/mol. The van der Waals surface area contributed by atoms with E-state index in [0.717, 1.165) is 12.3 Å². The second-order valence-corrected chi connectivity index (χ2v) is 2.78. The third kappa shape index (κ3) is 2.37. The molecule has 1 aromatic rings. The molecule has 1 heterocycles. The Labute approximate surface area is 79.7 Å². The normalized spacial score (nSPS) is 11.5. The second kappa shape index (κ2) is 3.86. The van der Waals surface area contributed by atoms with Crippen LogP contribution in [-0.2, 0) is 6.18 Å². The van der Waals surface area contributed by atoms with Gasteiger partial charge in [-0.2, -0.15) is 13.2 Å². The number of hydrogen-bond acceptors (Lipinski definition) is 2. The van der Waals surface area contributed by atoms with E-state index in [-0.39, 0.29) is 5.88 Å². The van der Waals surface area contributed by atoms with E-state index in [1.54, 1.807) is 6.92 Å². The first-order chi connectivity index (χ1) is 6.45. The van der Waals surface area contributed by atoms with Crippen LogP contribution in [0.4, 0.5) is 13.2 Å². The van der Waals surface area contributed by atoms with Crippen molar-refractivity contribution in [1.82, 2.24) is 4.98 Å². The molecule has 0 aliphatic rings. The minimum atomic E-state index is -4.34. The highest BCUT2D eigenvalue weighted by molar-refractivity contribution is 5.29. The van der Waals surface area contributed by atoms with Crippen LogP contribution in [0.5, 0.6) is 5.88 Å². The number of ether oxygens (including phenoxy) is 1. The Hall–Kier alpha value is -1.26. The summed E-state index contributed by atoms with van der Waals surface area (Å²) in [6, 6.07) is 1.03. The van der Waals surface area contributed by atoms with Gasteiger partial charge in [-0.1, -0.05) is 0 Å². The van der Waals surface area contributed by atoms with E-state index in [0.29, 0.717) is 12.2 Å². The molecule has 78 valence electrons. The molecule has 0 saturated carbocycles. The summed E-state index contributed by atoms with van der Waals surface area (Å²) in [5.74, 6) is 0.250. The lowest BCUT2D eigenvalue weighted by Crippen LogP contribution is -2.07. The summed E-state index contributed by atoms with van der Waals surface area (Å²) in [6.45, 7) is 3.67. The van der Waals surface area contributed by atoms with Crippen LogP contribution in [0.15, 0.2) is 12.3 Å². The number of aromatic nitrogens is 1. The fourth-order valence-corrected chi connectivity index (χ4v) is 1.01. The molecule has 0 bridgehead atoms. The maximum absolute atomic E-state index is 12.2. The maximum atomic E-state index is 12.2. The predicted octanol–water partition coefficient (Wildman–Crippen LogP) is 2.81. The van der Waals surface area contributed by atoms with Gasteiger partial charge in [-0.25, -0.2) is 4.98 Å². The first-order valence-electron chi connectivity index (χ1n) is 4.11. The summed E-state index contributed by atoms with van der Waals surface area (Å²) in [5, 5.41) is 0. The minimum Gasteiger partial charge on any atom is -0.478 e. The molecule has 1 aromatic heterocycles. The molecule has 0 amide bonds. The first kappa shape index (κ1) is 10.8. The molecule has 0 spiro atoms. The van der Waals surface area contributed by atoms with Gasteiger partial charge in [0.15, 0.2) is 0 Å². The fourth-order valence-electron chi connectivity index (χ4n) is 1.01. The van der Waals surface area contributed by atoms with E-state index in [2.05, 4.69) is 4.98 Å². The number of rotatable bonds is 2. The molecule has 0 unspecified atom stereocenters. The molecule has 2 nitrogen and oxygen atoms in total. The van der Waals surface area contributed by atoms with Crippen molar-refractivity contribution in [3.63, 3.8) is 0 Å². The van der Waals surface area contributed by atoms with Gasteiger partial charge < -0.3 is 4.74 Å². The Bertz CT molecular complexity index is 322. The Balaban J connectivity index is 3.01. The van der Waals surface area contributed by atoms with Crippen molar-refractivity contribution in [2.24, 2.45) is 0 Å². The zero-order valence-electron chi connectivity index (χ0n) is 7.85. The summed E-state index contributed by atoms with van der Waals surface area (Å²) >= 11 is 0. The van der Waals surface area contributed by atoms with Crippen molar-refractivity contribution < 1.29 is 17.9 Å². The van der Waals surface area contributed by atoms with Gasteiger partial charge in [0.2, 0.25) is 5.88 Å². The average Bonchev–Trinajstić information content (AvgIpc) is 2.07. The lowest BCUT2D eigenvalue weighted by Gasteiger charge is -2.09. The smallest absolute Gasteiger partial charge is 0.417 e. The number of hydrogen-bond donors (Lipinski definition) is 0. The average molecular weight is 205 g/mol. The molecule has 0 aliphatic carbocycles. The molecule has 1 rings (SSSR count). The zero-order valence-corrected chi connectivity index (χ0v) is 7.85. The summed E-state index contributed by atoms with van der Waals surface area (Å²) in [7, 11) is 0. The number of pyridine rings is 1. The molecule has 0 saturated heterocycles. The highest BCUT2D eigenvalue weighted by atomic mass is 19.4. The molecule has 0 aliphatic heterocycles. The highest BCUT2D eigenvalue weighted by Crippen LogP contribution is 2.30. The van der Waals surface area contributed by atoms with E-state index >= 15 is 0 Å². The van der Waals surface area contributed by atoms with Crippen LogP contribution in [0.2, 0.25) is 0 Å². The van der Waals surface area contributed by atoms with Crippen LogP contribution in [0.25, 0.3) is 0 Å². The predicted molar refractivity (Wildman–Crippen MR) is 45.1 cm³/mol. The van der Waals surface area contributed by atoms with Crippen molar-refractivity contribution >= 4 is 0 Å². The number of halogens is 3. The minimum absolute atomic E-state index is 0.250. The highest BCUT2D eigenvalue weighted by Gasteiger charge is 2.31. The molecule has 14 heavy (non-hydrogen) atoms. The van der Waals surface area contributed by atoms with E-state index in [1.807, 2.05) is 0 Å². The van der Waals surface area contributed by atoms with Crippen LogP contribution >= 0.6 is 0 Å². The fraction of sp³-hybridized carbons (Fsp3) is 0.444. The largest absolute Gasteiger partial charge is 0.478 e. The summed E-state index contributed by atoms with van der Waals surface area (Å²) in [4.78, 5) is 3.59. The summed E-state index contributed by atoms with van der Waals surface area (Å²) in [5.41, 5.74) is -0.361. The van der Waals surface area contributed by atoms with Gasteiger partial charge in [-0.15, -0.1) is 0 Å². The standard InChI is InChI=1S/C9H10F3NO/c1-3-14-8-6(2)4-7(5-13-8)9(10,11)12/h4-5H,3H2,1-2H3. The Morgan fingerprint density at radius 1 is 1.43 bits per heavy atom. The van der Waals surface area contributed by atoms with Gasteiger partial charge >= 0.3 is 6.18 Å². The topological polar surface area (TPSA) is 22.1 Å². The molecular weight excluding hydrogens is 195 g/mol. The van der Waals surface area contributed by atoms with Gasteiger partial charge in [-0.3, -0.25) is 0 Å². The van der Waals surface area contributed by atoms with Gasteiger partial charge in [0.25, 0.3) is 0 Å². The Morgan fingerprint density at radius 2 is 2.07 bits per heavy atom. The number of nitrogens with zero attached hydrogens (tertiary/aromatic N) is 1. The summed E-state index contributed by atoms with van der Waals surface area (Å²) < 4.78 is 41.6. The van der Waals surface area contributed by atoms with Crippen LogP contribution in [0.1, 0.15) is 18.1 Å². The molecule has 0 radical (unpaired) electrons. The summed E-state index contributed by atoms with van der Waals surface area (Å²) in [6.07, 6.45) is -3.57. The number of alkyl halides is 3. The van der Waals surface area contributed by atoms with Crippen molar-refractivity contribution in [2.75, 3.05) is 6.61 Å². The van der Waals surface area contributed by atoms with E-state index < -0.39 is 11.7 Å². The van der Waals surface area contributed by atoms with Crippen LogP contribution in [0, 0.1) is 6.92 Å². The van der Waals surface area contributed by atoms with Crippen LogP contribution in [0.3, 0.4) is 0 Å². The molecular formula is C9H10F3NO. The van der Waals surface area contributed by atoms with Crippen molar-refractivity contribution in [3.8, 4) is 5.88 Å². The molecule has 5 heteroatoms. The first-order valence-corrected chi connectivity index (χ1v) is 4.11. The lowest BCUT2D eigenvalue weighted by atomic mass is 10.2. The quantitative estimate of drug-likeness (QED) is 0.740. The van der Waals surface area contributed by atoms with Crippen molar-refractivity contribution in [2.45, 2.75) is 20.0 Å². The van der Waals surface area contributed by atoms with Gasteiger partial charge in [0.05, 0.1) is 12.2 Å². The number of aryl methyl sites for hydroxylation is 1. The van der Waals surface area contributed by atoms with E-state index in [1.165, 1.54) is 6.92 Å². The molecule has 0 aromatic carbocycles. The van der Waals surface area contributed by atoms with Crippen molar-refractivity contribution in [1.29, 1.82) is 0 Å². The van der Waals surface area contributed by atoms with Gasteiger partial charge in [0.1, 0.15) is 0 Å². The second-order valence-electron chi connectivity index (χ2n) is 2.78. The van der Waals surface area contributed by atoms with Crippen LogP contribution < -0.4 is 4.74 Å².